The third-order valence-electron chi connectivity index (χ3n) is 1.81. The molecule has 0 rings (SSSR count). The lowest BCUT2D eigenvalue weighted by molar-refractivity contribution is 0.760. The Balaban J connectivity index is 3.48. The van der Waals surface area contributed by atoms with Crippen LogP contribution < -0.4 is 0 Å². The maximum Gasteiger partial charge on any atom is -0.0348 e. The molecule has 0 spiro atoms. The van der Waals surface area contributed by atoms with Gasteiger partial charge in [0.2, 0.25) is 0 Å². The van der Waals surface area contributed by atoms with Crippen LogP contribution in [0.3, 0.4) is 0 Å². The smallest absolute Gasteiger partial charge is 0.0348 e. The maximum absolute atomic E-state index is 3.81. The molecular weight excluding hydrogens is 180 g/mol. The third kappa shape index (κ3) is 12.7. The molecule has 0 saturated carbocycles. The molecule has 0 aromatic carbocycles. The van der Waals surface area contributed by atoms with Crippen molar-refractivity contribution in [1.82, 2.24) is 0 Å². The zero-order valence-corrected chi connectivity index (χ0v) is 9.44. The lowest BCUT2D eigenvalue weighted by atomic mass is 10.2. The van der Waals surface area contributed by atoms with E-state index in [0.29, 0.717) is 0 Å². The summed E-state index contributed by atoms with van der Waals surface area (Å²) in [4.78, 5) is 0. The lowest BCUT2D eigenvalue weighted by Gasteiger charge is -1.89. The zero-order valence-electron chi connectivity index (χ0n) is 9.44. The molecule has 0 heterocycles. The predicted octanol–water partition coefficient (Wildman–Crippen LogP) is 4.79. The van der Waals surface area contributed by atoms with Gasteiger partial charge in [-0.2, -0.15) is 0 Å². The van der Waals surface area contributed by atoms with Crippen LogP contribution in [0, 0.1) is 6.92 Å². The van der Waals surface area contributed by atoms with E-state index in [1.165, 1.54) is 12.8 Å². The van der Waals surface area contributed by atoms with Crippen LogP contribution in [-0.2, 0) is 0 Å². The largest absolute Gasteiger partial charge is 0.0991 e. The summed E-state index contributed by atoms with van der Waals surface area (Å²) in [6, 6.07) is 0. The number of allylic oxidation sites excluding steroid dienone is 9. The highest BCUT2D eigenvalue weighted by Gasteiger charge is 1.79. The molecule has 0 aromatic rings. The highest BCUT2D eigenvalue weighted by atomic mass is 13.9. The minimum atomic E-state index is 1.04. The van der Waals surface area contributed by atoms with Crippen molar-refractivity contribution in [2.24, 2.45) is 0 Å². The molecular formula is C15H21. The fourth-order valence-corrected chi connectivity index (χ4v) is 1.01. The van der Waals surface area contributed by atoms with Crippen LogP contribution >= 0.6 is 0 Å². The van der Waals surface area contributed by atoms with Crippen molar-refractivity contribution in [2.75, 3.05) is 0 Å². The van der Waals surface area contributed by atoms with Crippen molar-refractivity contribution < 1.29 is 0 Å². The second-order valence-corrected chi connectivity index (χ2v) is 3.17. The summed E-state index contributed by atoms with van der Waals surface area (Å²) in [5.74, 6) is 0. The molecule has 0 atom stereocenters. The Labute approximate surface area is 94.4 Å². The Bertz CT molecular complexity index is 239. The van der Waals surface area contributed by atoms with Crippen molar-refractivity contribution >= 4 is 0 Å². The first-order chi connectivity index (χ1) is 7.41. The molecule has 15 heavy (non-hydrogen) atoms. The molecule has 0 saturated heterocycles. The normalized spacial score (nSPS) is 12.6. The highest BCUT2D eigenvalue weighted by Crippen LogP contribution is 1.99. The van der Waals surface area contributed by atoms with Gasteiger partial charge in [0.05, 0.1) is 0 Å². The van der Waals surface area contributed by atoms with Gasteiger partial charge in [-0.3, -0.25) is 0 Å². The van der Waals surface area contributed by atoms with Crippen LogP contribution in [0.2, 0.25) is 0 Å². The van der Waals surface area contributed by atoms with E-state index in [1.54, 1.807) is 6.08 Å². The number of hydrogen-bond donors (Lipinski definition) is 0. The minimum absolute atomic E-state index is 1.04. The Kier molecular flexibility index (Phi) is 11.6. The second-order valence-electron chi connectivity index (χ2n) is 3.17. The summed E-state index contributed by atoms with van der Waals surface area (Å²) in [6.45, 7) is 7.40. The van der Waals surface area contributed by atoms with E-state index in [1.807, 2.05) is 36.5 Å². The quantitative estimate of drug-likeness (QED) is 0.391. The van der Waals surface area contributed by atoms with Crippen molar-refractivity contribution in [3.8, 4) is 0 Å². The fourth-order valence-electron chi connectivity index (χ4n) is 1.01. The molecule has 0 aliphatic heterocycles. The third-order valence-corrected chi connectivity index (χ3v) is 1.81. The molecule has 0 heteroatoms. The molecule has 0 N–H and O–H groups in total. The van der Waals surface area contributed by atoms with Crippen LogP contribution in [0.25, 0.3) is 0 Å². The highest BCUT2D eigenvalue weighted by molar-refractivity contribution is 5.17. The summed E-state index contributed by atoms with van der Waals surface area (Å²) in [6.07, 6.45) is 22.6. The van der Waals surface area contributed by atoms with E-state index >= 15 is 0 Å². The molecule has 0 aromatic heterocycles. The summed E-state index contributed by atoms with van der Waals surface area (Å²) in [5, 5.41) is 0. The molecule has 1 radical (unpaired) electrons. The van der Waals surface area contributed by atoms with Crippen LogP contribution in [0.5, 0.6) is 0 Å². The number of unbranched alkanes of at least 4 members (excludes halogenated alkanes) is 3. The van der Waals surface area contributed by atoms with Crippen LogP contribution in [-0.4, -0.2) is 0 Å². The van der Waals surface area contributed by atoms with Gasteiger partial charge in [-0.15, -0.1) is 0 Å². The van der Waals surface area contributed by atoms with E-state index in [4.69, 9.17) is 0 Å². The lowest BCUT2D eigenvalue weighted by Crippen LogP contribution is -1.69. The van der Waals surface area contributed by atoms with Gasteiger partial charge in [-0.05, 0) is 12.8 Å². The van der Waals surface area contributed by atoms with Crippen molar-refractivity contribution in [3.63, 3.8) is 0 Å². The summed E-state index contributed by atoms with van der Waals surface area (Å²) in [5.41, 5.74) is 0. The maximum atomic E-state index is 3.81. The summed E-state index contributed by atoms with van der Waals surface area (Å²) in [7, 11) is 0. The first kappa shape index (κ1) is 13.7. The summed E-state index contributed by atoms with van der Waals surface area (Å²) >= 11 is 0. The first-order valence-electron chi connectivity index (χ1n) is 5.48. The van der Waals surface area contributed by atoms with Crippen LogP contribution in [0.15, 0.2) is 61.3 Å². The number of hydrogen-bond acceptors (Lipinski definition) is 0. The second kappa shape index (κ2) is 12.7. The number of rotatable bonds is 8. The van der Waals surface area contributed by atoms with Gasteiger partial charge in [0, 0.05) is 0 Å². The Hall–Kier alpha value is -1.30. The minimum Gasteiger partial charge on any atom is -0.0991 e. The predicted molar refractivity (Wildman–Crippen MR) is 70.6 cm³/mol. The van der Waals surface area contributed by atoms with E-state index in [9.17, 15) is 0 Å². The van der Waals surface area contributed by atoms with E-state index in [0.717, 1.165) is 12.8 Å². The van der Waals surface area contributed by atoms with Gasteiger partial charge in [-0.1, -0.05) is 81.0 Å². The first-order valence-corrected chi connectivity index (χ1v) is 5.48. The average Bonchev–Trinajstić information content (AvgIpc) is 2.26. The molecule has 0 unspecified atom stereocenters. The van der Waals surface area contributed by atoms with Gasteiger partial charge >= 0.3 is 0 Å². The standard InChI is InChI=1S/C15H21/c1-3-5-7-9-11-13-15-14-12-10-8-6-4-2/h3,5,7,9,11-15H,1-2,4,6,8,10H2/b7-5+,11-9+,14-12+,15-13+. The fraction of sp³-hybridized carbons (Fsp3) is 0.267. The van der Waals surface area contributed by atoms with Crippen LogP contribution in [0.1, 0.15) is 25.7 Å². The molecule has 0 nitrogen and oxygen atoms in total. The van der Waals surface area contributed by atoms with Crippen LogP contribution in [0.4, 0.5) is 0 Å². The molecule has 81 valence electrons. The Morgan fingerprint density at radius 3 is 1.93 bits per heavy atom. The van der Waals surface area contributed by atoms with Gasteiger partial charge < -0.3 is 0 Å². The van der Waals surface area contributed by atoms with Gasteiger partial charge in [0.15, 0.2) is 0 Å². The Morgan fingerprint density at radius 1 is 0.733 bits per heavy atom. The molecule has 0 aliphatic rings. The SMILES string of the molecule is [CH2]CCCC/C=C/C=C/C=C/C=C/C=C. The van der Waals surface area contributed by atoms with Gasteiger partial charge in [0.1, 0.15) is 0 Å². The van der Waals surface area contributed by atoms with Crippen molar-refractivity contribution in [2.45, 2.75) is 25.7 Å². The Morgan fingerprint density at radius 2 is 1.33 bits per heavy atom. The van der Waals surface area contributed by atoms with Crippen molar-refractivity contribution in [3.05, 3.63) is 68.2 Å². The zero-order chi connectivity index (χ0) is 11.2. The molecule has 0 aliphatic carbocycles. The molecule has 0 amide bonds. The molecule has 0 fully saturated rings. The molecule has 0 bridgehead atoms. The van der Waals surface area contributed by atoms with E-state index in [2.05, 4.69) is 25.7 Å². The van der Waals surface area contributed by atoms with E-state index < -0.39 is 0 Å². The summed E-state index contributed by atoms with van der Waals surface area (Å²) < 4.78 is 0. The van der Waals surface area contributed by atoms with Gasteiger partial charge in [-0.25, -0.2) is 0 Å². The van der Waals surface area contributed by atoms with Gasteiger partial charge in [0.25, 0.3) is 0 Å². The van der Waals surface area contributed by atoms with E-state index in [-0.39, 0.29) is 0 Å². The van der Waals surface area contributed by atoms with Crippen molar-refractivity contribution in [1.29, 1.82) is 0 Å². The average molecular weight is 201 g/mol. The topological polar surface area (TPSA) is 0 Å². The monoisotopic (exact) mass is 201 g/mol.